The summed E-state index contributed by atoms with van der Waals surface area (Å²) in [6.07, 6.45) is 9.14. The zero-order chi connectivity index (χ0) is 23.0. The molecule has 33 heavy (non-hydrogen) atoms. The summed E-state index contributed by atoms with van der Waals surface area (Å²) in [5.74, 6) is 0.199. The second-order valence-electron chi connectivity index (χ2n) is 9.13. The summed E-state index contributed by atoms with van der Waals surface area (Å²) in [6.45, 7) is 2.71. The fraction of sp³-hybridized carbons (Fsp3) is 0.481. The molecule has 1 saturated heterocycles. The van der Waals surface area contributed by atoms with Gasteiger partial charge in [-0.2, -0.15) is 11.3 Å². The third-order valence-electron chi connectivity index (χ3n) is 6.99. The van der Waals surface area contributed by atoms with Crippen molar-refractivity contribution in [3.8, 4) is 5.75 Å². The Morgan fingerprint density at radius 2 is 2.12 bits per heavy atom. The Kier molecular flexibility index (Phi) is 8.35. The molecule has 1 N–H and O–H groups in total. The molecule has 1 aromatic carbocycles. The van der Waals surface area contributed by atoms with Crippen LogP contribution < -0.4 is 4.74 Å². The zero-order valence-corrected chi connectivity index (χ0v) is 20.2. The summed E-state index contributed by atoms with van der Waals surface area (Å²) in [5.41, 5.74) is 3.65. The fourth-order valence-electron chi connectivity index (χ4n) is 5.08. The Morgan fingerprint density at radius 3 is 2.91 bits per heavy atom. The highest BCUT2D eigenvalue weighted by atomic mass is 32.1. The minimum absolute atomic E-state index is 0.257. The number of carbonyl (C=O) groups is 1. The summed E-state index contributed by atoms with van der Waals surface area (Å²) in [5, 5.41) is 15.4. The Labute approximate surface area is 200 Å². The van der Waals surface area contributed by atoms with Crippen molar-refractivity contribution in [2.45, 2.75) is 44.9 Å². The van der Waals surface area contributed by atoms with Gasteiger partial charge in [0.2, 0.25) is 0 Å². The summed E-state index contributed by atoms with van der Waals surface area (Å²) < 4.78 is 5.38. The van der Waals surface area contributed by atoms with Crippen LogP contribution in [-0.2, 0) is 17.6 Å². The molecule has 3 aromatic rings. The van der Waals surface area contributed by atoms with E-state index in [0.717, 1.165) is 68.3 Å². The molecule has 2 atom stereocenters. The Balaban J connectivity index is 1.27. The molecule has 0 amide bonds. The Hall–Kier alpha value is -2.44. The molecule has 0 saturated carbocycles. The molecular weight excluding hydrogens is 432 g/mol. The van der Waals surface area contributed by atoms with Crippen LogP contribution in [0.2, 0.25) is 0 Å². The smallest absolute Gasteiger partial charge is 0.308 e. The molecule has 0 unspecified atom stereocenters. The van der Waals surface area contributed by atoms with Crippen molar-refractivity contribution in [3.63, 3.8) is 0 Å². The highest BCUT2D eigenvalue weighted by molar-refractivity contribution is 7.07. The lowest BCUT2D eigenvalue weighted by Crippen LogP contribution is -2.44. The quantitative estimate of drug-likeness (QED) is 0.369. The molecule has 3 heterocycles. The average molecular weight is 467 g/mol. The highest BCUT2D eigenvalue weighted by Crippen LogP contribution is 2.30. The summed E-state index contributed by atoms with van der Waals surface area (Å²) in [7, 11) is 1.68. The third kappa shape index (κ3) is 6.33. The van der Waals surface area contributed by atoms with Crippen molar-refractivity contribution < 1.29 is 14.6 Å². The van der Waals surface area contributed by atoms with Crippen LogP contribution in [0.1, 0.15) is 43.2 Å². The van der Waals surface area contributed by atoms with Gasteiger partial charge in [-0.1, -0.05) is 0 Å². The maximum Gasteiger partial charge on any atom is 0.308 e. The molecule has 1 fully saturated rings. The number of aromatic nitrogens is 1. The predicted octanol–water partition coefficient (Wildman–Crippen LogP) is 5.67. The van der Waals surface area contributed by atoms with Gasteiger partial charge in [0.25, 0.3) is 0 Å². The number of thiophene rings is 1. The number of likely N-dealkylation sites (tertiary alicyclic amines) is 1. The molecule has 176 valence electrons. The van der Waals surface area contributed by atoms with E-state index in [9.17, 15) is 9.90 Å². The van der Waals surface area contributed by atoms with Gasteiger partial charge >= 0.3 is 5.97 Å². The van der Waals surface area contributed by atoms with E-state index in [4.69, 9.17) is 4.74 Å². The van der Waals surface area contributed by atoms with E-state index in [0.29, 0.717) is 6.54 Å². The molecular formula is C27H34N2O3S. The van der Waals surface area contributed by atoms with Gasteiger partial charge in [-0.25, -0.2) is 0 Å². The first-order chi connectivity index (χ1) is 16.1. The molecule has 1 aliphatic rings. The number of pyridine rings is 1. The van der Waals surface area contributed by atoms with Gasteiger partial charge in [-0.15, -0.1) is 0 Å². The second kappa shape index (κ2) is 11.6. The number of carboxylic acids is 1. The van der Waals surface area contributed by atoms with Crippen LogP contribution in [0, 0.1) is 11.8 Å². The lowest BCUT2D eigenvalue weighted by molar-refractivity contribution is -0.146. The molecule has 5 nitrogen and oxygen atoms in total. The zero-order valence-electron chi connectivity index (χ0n) is 19.4. The number of aliphatic carboxylic acids is 1. The average Bonchev–Trinajstić information content (AvgIpc) is 3.36. The standard InChI is InChI=1S/C27H34N2O3S/c1-32-23-8-9-26-24(17-23)21(10-13-28-26)6-4-7-22-11-15-29(18-25(22)27(30)31)14-3-2-5-20-12-16-33-19-20/h8-10,12-13,16-17,19,22,25H,2-7,11,14-15,18H2,1H3,(H,30,31)/t22-,25+/m1/s1. The van der Waals surface area contributed by atoms with Crippen molar-refractivity contribution in [1.82, 2.24) is 9.88 Å². The van der Waals surface area contributed by atoms with Crippen LogP contribution >= 0.6 is 11.3 Å². The van der Waals surface area contributed by atoms with Crippen LogP contribution in [0.3, 0.4) is 0 Å². The molecule has 0 bridgehead atoms. The maximum atomic E-state index is 12.0. The van der Waals surface area contributed by atoms with Gasteiger partial charge in [-0.05, 0) is 116 Å². The van der Waals surface area contributed by atoms with E-state index in [-0.39, 0.29) is 11.8 Å². The molecule has 4 rings (SSSR count). The number of benzene rings is 1. The number of ether oxygens (including phenoxy) is 1. The van der Waals surface area contributed by atoms with Gasteiger partial charge in [-0.3, -0.25) is 9.78 Å². The Bertz CT molecular complexity index is 1040. The van der Waals surface area contributed by atoms with E-state index in [1.165, 1.54) is 17.5 Å². The van der Waals surface area contributed by atoms with Crippen LogP contribution in [0.15, 0.2) is 47.3 Å². The first kappa shape index (κ1) is 23.7. The van der Waals surface area contributed by atoms with E-state index in [2.05, 4.69) is 38.8 Å². The first-order valence-corrected chi connectivity index (χ1v) is 13.0. The number of methoxy groups -OCH3 is 1. The van der Waals surface area contributed by atoms with Crippen molar-refractivity contribution in [2.75, 3.05) is 26.7 Å². The van der Waals surface area contributed by atoms with Crippen LogP contribution in [0.4, 0.5) is 0 Å². The SMILES string of the molecule is COc1ccc2nccc(CCC[C@@H]3CCN(CCCCc4ccsc4)C[C@@H]3C(=O)O)c2c1. The number of hydrogen-bond acceptors (Lipinski definition) is 5. The lowest BCUT2D eigenvalue weighted by Gasteiger charge is -2.36. The number of fused-ring (bicyclic) bond motifs is 1. The van der Waals surface area contributed by atoms with Crippen LogP contribution in [0.25, 0.3) is 10.9 Å². The summed E-state index contributed by atoms with van der Waals surface area (Å²) in [6, 6.07) is 10.3. The van der Waals surface area contributed by atoms with Crippen molar-refractivity contribution in [2.24, 2.45) is 11.8 Å². The van der Waals surface area contributed by atoms with Gasteiger partial charge in [0.1, 0.15) is 5.75 Å². The van der Waals surface area contributed by atoms with Crippen molar-refractivity contribution in [3.05, 3.63) is 58.4 Å². The van der Waals surface area contributed by atoms with Gasteiger partial charge < -0.3 is 14.7 Å². The summed E-state index contributed by atoms with van der Waals surface area (Å²) >= 11 is 1.75. The third-order valence-corrected chi connectivity index (χ3v) is 7.72. The minimum atomic E-state index is -0.637. The maximum absolute atomic E-state index is 12.0. The predicted molar refractivity (Wildman–Crippen MR) is 134 cm³/mol. The molecule has 2 aromatic heterocycles. The number of piperidine rings is 1. The van der Waals surface area contributed by atoms with E-state index >= 15 is 0 Å². The largest absolute Gasteiger partial charge is 0.497 e. The van der Waals surface area contributed by atoms with E-state index in [1.807, 2.05) is 18.3 Å². The normalized spacial score (nSPS) is 19.1. The van der Waals surface area contributed by atoms with Crippen LogP contribution in [0.5, 0.6) is 5.75 Å². The Morgan fingerprint density at radius 1 is 1.21 bits per heavy atom. The second-order valence-corrected chi connectivity index (χ2v) is 9.91. The topological polar surface area (TPSA) is 62.7 Å². The van der Waals surface area contributed by atoms with E-state index in [1.54, 1.807) is 18.4 Å². The number of aryl methyl sites for hydroxylation is 2. The molecule has 6 heteroatoms. The van der Waals surface area contributed by atoms with Crippen molar-refractivity contribution in [1.29, 1.82) is 0 Å². The number of rotatable bonds is 11. The lowest BCUT2D eigenvalue weighted by atomic mass is 9.81. The number of carboxylic acid groups (broad SMARTS) is 1. The molecule has 0 spiro atoms. The summed E-state index contributed by atoms with van der Waals surface area (Å²) in [4.78, 5) is 18.9. The highest BCUT2D eigenvalue weighted by Gasteiger charge is 2.33. The number of unbranched alkanes of at least 4 members (excludes halogenated alkanes) is 1. The monoisotopic (exact) mass is 466 g/mol. The van der Waals surface area contributed by atoms with Crippen LogP contribution in [-0.4, -0.2) is 47.7 Å². The van der Waals surface area contributed by atoms with Crippen molar-refractivity contribution >= 4 is 28.2 Å². The molecule has 0 radical (unpaired) electrons. The van der Waals surface area contributed by atoms with Gasteiger partial charge in [0.15, 0.2) is 0 Å². The number of nitrogens with zero attached hydrogens (tertiary/aromatic N) is 2. The first-order valence-electron chi connectivity index (χ1n) is 12.0. The van der Waals surface area contributed by atoms with Gasteiger partial charge in [0, 0.05) is 18.1 Å². The molecule has 1 aliphatic heterocycles. The molecule has 0 aliphatic carbocycles. The van der Waals surface area contributed by atoms with Gasteiger partial charge in [0.05, 0.1) is 18.5 Å². The number of hydrogen-bond donors (Lipinski definition) is 1. The minimum Gasteiger partial charge on any atom is -0.497 e. The fourth-order valence-corrected chi connectivity index (χ4v) is 5.78. The van der Waals surface area contributed by atoms with E-state index < -0.39 is 5.97 Å².